The predicted octanol–water partition coefficient (Wildman–Crippen LogP) is 1.16. The maximum atomic E-state index is 11.4. The molecule has 0 atom stereocenters. The number of ether oxygens (including phenoxy) is 1. The summed E-state index contributed by atoms with van der Waals surface area (Å²) >= 11 is 1.58. The molecule has 0 bridgehead atoms. The molecule has 0 unspecified atom stereocenters. The van der Waals surface area contributed by atoms with Crippen molar-refractivity contribution in [3.63, 3.8) is 0 Å². The van der Waals surface area contributed by atoms with E-state index in [1.807, 2.05) is 12.3 Å². The monoisotopic (exact) mass is 252 g/mol. The third-order valence-corrected chi connectivity index (χ3v) is 2.94. The Balaban J connectivity index is 2.14. The van der Waals surface area contributed by atoms with Gasteiger partial charge in [0.2, 0.25) is 5.75 Å². The second-order valence-corrected chi connectivity index (χ2v) is 4.39. The van der Waals surface area contributed by atoms with Gasteiger partial charge >= 0.3 is 0 Å². The fourth-order valence-corrected chi connectivity index (χ4v) is 1.98. The molecule has 6 nitrogen and oxygen atoms in total. The molecule has 0 spiro atoms. The first kappa shape index (κ1) is 11.6. The summed E-state index contributed by atoms with van der Waals surface area (Å²) in [4.78, 5) is 22.2. The van der Waals surface area contributed by atoms with Gasteiger partial charge in [0.15, 0.2) is 5.82 Å². The van der Waals surface area contributed by atoms with Crippen molar-refractivity contribution in [2.45, 2.75) is 13.5 Å². The third-order valence-electron chi connectivity index (χ3n) is 2.12. The number of rotatable bonds is 4. The van der Waals surface area contributed by atoms with Crippen molar-refractivity contribution >= 4 is 17.2 Å². The summed E-state index contributed by atoms with van der Waals surface area (Å²) in [6.07, 6.45) is 1.33. The number of hydrogen-bond donors (Lipinski definition) is 2. The van der Waals surface area contributed by atoms with Crippen molar-refractivity contribution in [2.75, 3.05) is 12.4 Å². The van der Waals surface area contributed by atoms with Crippen LogP contribution >= 0.6 is 11.3 Å². The number of methoxy groups -OCH3 is 1. The number of aromatic amines is 1. The van der Waals surface area contributed by atoms with Crippen LogP contribution in [0.1, 0.15) is 10.7 Å². The second kappa shape index (κ2) is 4.96. The molecular weight excluding hydrogens is 240 g/mol. The molecule has 0 saturated carbocycles. The summed E-state index contributed by atoms with van der Waals surface area (Å²) in [5, 5.41) is 5.99. The van der Waals surface area contributed by atoms with E-state index in [1.165, 1.54) is 13.4 Å². The van der Waals surface area contributed by atoms with Crippen molar-refractivity contribution in [3.8, 4) is 5.75 Å². The molecule has 0 radical (unpaired) electrons. The molecule has 0 aliphatic rings. The van der Waals surface area contributed by atoms with E-state index in [-0.39, 0.29) is 11.3 Å². The van der Waals surface area contributed by atoms with E-state index in [1.54, 1.807) is 11.3 Å². The summed E-state index contributed by atoms with van der Waals surface area (Å²) in [5.41, 5.74) is 0.607. The fourth-order valence-electron chi connectivity index (χ4n) is 1.37. The molecule has 2 aromatic rings. The molecule has 2 rings (SSSR count). The first-order chi connectivity index (χ1) is 8.20. The average molecular weight is 252 g/mol. The van der Waals surface area contributed by atoms with Crippen LogP contribution in [0.5, 0.6) is 5.75 Å². The zero-order chi connectivity index (χ0) is 12.3. The Kier molecular flexibility index (Phi) is 3.38. The van der Waals surface area contributed by atoms with Crippen LogP contribution in [-0.2, 0) is 6.54 Å². The van der Waals surface area contributed by atoms with Gasteiger partial charge in [0.1, 0.15) is 0 Å². The molecule has 90 valence electrons. The normalized spacial score (nSPS) is 10.2. The number of thiazole rings is 1. The highest BCUT2D eigenvalue weighted by Gasteiger charge is 2.08. The first-order valence-electron chi connectivity index (χ1n) is 4.97. The topological polar surface area (TPSA) is 79.9 Å². The van der Waals surface area contributed by atoms with E-state index in [0.29, 0.717) is 12.4 Å². The van der Waals surface area contributed by atoms with Gasteiger partial charge in [-0.15, -0.1) is 11.3 Å². The third kappa shape index (κ3) is 2.62. The fraction of sp³-hybridized carbons (Fsp3) is 0.300. The lowest BCUT2D eigenvalue weighted by molar-refractivity contribution is 0.408. The number of hydrogen-bond acceptors (Lipinski definition) is 6. The van der Waals surface area contributed by atoms with Crippen molar-refractivity contribution in [3.05, 3.63) is 32.8 Å². The molecule has 0 fully saturated rings. The van der Waals surface area contributed by atoms with E-state index >= 15 is 0 Å². The highest BCUT2D eigenvalue weighted by atomic mass is 32.1. The summed E-state index contributed by atoms with van der Waals surface area (Å²) in [6.45, 7) is 2.46. The van der Waals surface area contributed by atoms with Crippen LogP contribution in [0.4, 0.5) is 5.82 Å². The van der Waals surface area contributed by atoms with Crippen molar-refractivity contribution in [1.82, 2.24) is 15.0 Å². The summed E-state index contributed by atoms with van der Waals surface area (Å²) < 4.78 is 4.98. The Morgan fingerprint density at radius 1 is 1.59 bits per heavy atom. The van der Waals surface area contributed by atoms with Gasteiger partial charge in [-0.2, -0.15) is 0 Å². The van der Waals surface area contributed by atoms with Gasteiger partial charge in [-0.3, -0.25) is 4.79 Å². The lowest BCUT2D eigenvalue weighted by atomic mass is 10.4. The van der Waals surface area contributed by atoms with Gasteiger partial charge < -0.3 is 15.0 Å². The van der Waals surface area contributed by atoms with Crippen LogP contribution in [0.15, 0.2) is 16.5 Å². The number of nitrogens with one attached hydrogen (secondary N) is 2. The van der Waals surface area contributed by atoms with Gasteiger partial charge in [0, 0.05) is 5.38 Å². The summed E-state index contributed by atoms with van der Waals surface area (Å²) in [5.74, 6) is 0.598. The molecular formula is C10H12N4O2S. The molecule has 2 N–H and O–H groups in total. The minimum Gasteiger partial charge on any atom is -0.489 e. The minimum atomic E-state index is -0.306. The number of aryl methyl sites for hydroxylation is 1. The Morgan fingerprint density at radius 3 is 3.06 bits per heavy atom. The molecule has 0 aliphatic heterocycles. The average Bonchev–Trinajstić information content (AvgIpc) is 2.72. The largest absolute Gasteiger partial charge is 0.489 e. The number of H-pyrrole nitrogens is 1. The van der Waals surface area contributed by atoms with Gasteiger partial charge in [0.25, 0.3) is 5.56 Å². The highest BCUT2D eigenvalue weighted by molar-refractivity contribution is 7.09. The summed E-state index contributed by atoms with van der Waals surface area (Å²) in [7, 11) is 1.43. The molecule has 0 amide bonds. The highest BCUT2D eigenvalue weighted by Crippen LogP contribution is 2.16. The van der Waals surface area contributed by atoms with E-state index in [4.69, 9.17) is 4.74 Å². The van der Waals surface area contributed by atoms with E-state index in [9.17, 15) is 4.79 Å². The Hall–Kier alpha value is -1.89. The molecule has 17 heavy (non-hydrogen) atoms. The van der Waals surface area contributed by atoms with Crippen molar-refractivity contribution in [2.24, 2.45) is 0 Å². The maximum Gasteiger partial charge on any atom is 0.295 e. The number of nitrogens with zero attached hydrogens (tertiary/aromatic N) is 2. The van der Waals surface area contributed by atoms with Crippen LogP contribution in [0.3, 0.4) is 0 Å². The molecule has 0 saturated heterocycles. The SMILES string of the molecule is COc1c(NCc2csc(C)n2)nc[nH]c1=O. The van der Waals surface area contributed by atoms with Gasteiger partial charge in [-0.1, -0.05) is 0 Å². The number of aromatic nitrogens is 3. The lowest BCUT2D eigenvalue weighted by Gasteiger charge is -2.07. The second-order valence-electron chi connectivity index (χ2n) is 3.32. The maximum absolute atomic E-state index is 11.4. The standard InChI is InChI=1S/C10H12N4O2S/c1-6-14-7(4-17-6)3-11-9-8(16-2)10(15)13-5-12-9/h4-5H,3H2,1-2H3,(H2,11,12,13,15). The Labute approximate surface area is 102 Å². The zero-order valence-corrected chi connectivity index (χ0v) is 10.3. The Bertz CT molecular complexity index is 563. The number of anilines is 1. The van der Waals surface area contributed by atoms with Crippen LogP contribution < -0.4 is 15.6 Å². The molecule has 7 heteroatoms. The van der Waals surface area contributed by atoms with Gasteiger partial charge in [-0.25, -0.2) is 9.97 Å². The van der Waals surface area contributed by atoms with Crippen molar-refractivity contribution < 1.29 is 4.74 Å². The van der Waals surface area contributed by atoms with E-state index < -0.39 is 0 Å². The van der Waals surface area contributed by atoms with Crippen LogP contribution in [0.25, 0.3) is 0 Å². The smallest absolute Gasteiger partial charge is 0.295 e. The quantitative estimate of drug-likeness (QED) is 0.853. The van der Waals surface area contributed by atoms with Gasteiger partial charge in [-0.05, 0) is 6.92 Å². The Morgan fingerprint density at radius 2 is 2.41 bits per heavy atom. The predicted molar refractivity (Wildman–Crippen MR) is 65.6 cm³/mol. The van der Waals surface area contributed by atoms with Crippen molar-refractivity contribution in [1.29, 1.82) is 0 Å². The minimum absolute atomic E-state index is 0.180. The first-order valence-corrected chi connectivity index (χ1v) is 5.85. The molecule has 0 aliphatic carbocycles. The van der Waals surface area contributed by atoms with Crippen LogP contribution in [0.2, 0.25) is 0 Å². The molecule has 2 aromatic heterocycles. The zero-order valence-electron chi connectivity index (χ0n) is 9.48. The lowest BCUT2D eigenvalue weighted by Crippen LogP contribution is -2.14. The van der Waals surface area contributed by atoms with E-state index in [2.05, 4.69) is 20.3 Å². The molecule has 2 heterocycles. The molecule has 0 aromatic carbocycles. The van der Waals surface area contributed by atoms with E-state index in [0.717, 1.165) is 10.7 Å². The van der Waals surface area contributed by atoms with Crippen LogP contribution in [-0.4, -0.2) is 22.1 Å². The van der Waals surface area contributed by atoms with Crippen LogP contribution in [0, 0.1) is 6.92 Å². The summed E-state index contributed by atoms with van der Waals surface area (Å²) in [6, 6.07) is 0. The van der Waals surface area contributed by atoms with Gasteiger partial charge in [0.05, 0.1) is 30.7 Å².